The quantitative estimate of drug-likeness (QED) is 0.714. The Labute approximate surface area is 181 Å². The van der Waals surface area contributed by atoms with Crippen molar-refractivity contribution in [2.75, 3.05) is 59.9 Å². The number of likely N-dealkylation sites (tertiary alicyclic amines) is 1. The molecule has 6 nitrogen and oxygen atoms in total. The molecule has 1 aromatic carbocycles. The van der Waals surface area contributed by atoms with Crippen LogP contribution in [0.1, 0.15) is 31.7 Å². The standard InChI is InChI=1S/C24H38N4O2/c1-20(27-13-7-12-26(16-17-27)19-23(29)25(2)3)24(30)28-14-10-22(11-15-28)18-21-8-5-4-6-9-21/h4-6,8-9,20,22H,7,10-19H2,1-3H3. The molecule has 6 heteroatoms. The Morgan fingerprint density at radius 3 is 2.37 bits per heavy atom. The third-order valence-corrected chi connectivity index (χ3v) is 6.68. The van der Waals surface area contributed by atoms with Crippen molar-refractivity contribution in [2.45, 2.75) is 38.6 Å². The predicted molar refractivity (Wildman–Crippen MR) is 120 cm³/mol. The Morgan fingerprint density at radius 1 is 1.00 bits per heavy atom. The Bertz CT molecular complexity index is 686. The number of nitrogens with zero attached hydrogens (tertiary/aromatic N) is 4. The maximum absolute atomic E-state index is 13.1. The first-order chi connectivity index (χ1) is 14.4. The maximum atomic E-state index is 13.1. The molecule has 2 aliphatic heterocycles. The highest BCUT2D eigenvalue weighted by Crippen LogP contribution is 2.23. The molecular weight excluding hydrogens is 376 g/mol. The van der Waals surface area contributed by atoms with E-state index in [9.17, 15) is 9.59 Å². The van der Waals surface area contributed by atoms with Gasteiger partial charge in [0.05, 0.1) is 12.6 Å². The summed E-state index contributed by atoms with van der Waals surface area (Å²) in [6, 6.07) is 10.6. The number of likely N-dealkylation sites (N-methyl/N-ethyl adjacent to an activating group) is 1. The van der Waals surface area contributed by atoms with Crippen LogP contribution < -0.4 is 0 Å². The molecule has 2 fully saturated rings. The lowest BCUT2D eigenvalue weighted by molar-refractivity contribution is -0.138. The fourth-order valence-corrected chi connectivity index (χ4v) is 4.59. The SMILES string of the molecule is CC(C(=O)N1CCC(Cc2ccccc2)CC1)N1CCCN(CC(=O)N(C)C)CC1. The lowest BCUT2D eigenvalue weighted by atomic mass is 9.90. The number of hydrogen-bond acceptors (Lipinski definition) is 4. The molecule has 0 saturated carbocycles. The minimum absolute atomic E-state index is 0.0832. The van der Waals surface area contributed by atoms with Crippen molar-refractivity contribution >= 4 is 11.8 Å². The molecule has 2 heterocycles. The van der Waals surface area contributed by atoms with E-state index in [2.05, 4.69) is 52.0 Å². The zero-order chi connectivity index (χ0) is 21.5. The molecule has 0 spiro atoms. The predicted octanol–water partition coefficient (Wildman–Crippen LogP) is 1.95. The van der Waals surface area contributed by atoms with Gasteiger partial charge in [-0.2, -0.15) is 0 Å². The van der Waals surface area contributed by atoms with E-state index in [1.165, 1.54) is 5.56 Å². The summed E-state index contributed by atoms with van der Waals surface area (Å²) < 4.78 is 0. The molecule has 1 atom stereocenters. The van der Waals surface area contributed by atoms with Gasteiger partial charge in [-0.05, 0) is 50.6 Å². The number of carbonyl (C=O) groups is 2. The van der Waals surface area contributed by atoms with Gasteiger partial charge in [0.2, 0.25) is 11.8 Å². The lowest BCUT2D eigenvalue weighted by Crippen LogP contribution is -2.50. The summed E-state index contributed by atoms with van der Waals surface area (Å²) >= 11 is 0. The minimum atomic E-state index is -0.0832. The van der Waals surface area contributed by atoms with Crippen LogP contribution >= 0.6 is 0 Å². The zero-order valence-corrected chi connectivity index (χ0v) is 18.9. The molecule has 0 aliphatic carbocycles. The van der Waals surface area contributed by atoms with Gasteiger partial charge in [0.1, 0.15) is 0 Å². The summed E-state index contributed by atoms with van der Waals surface area (Å²) in [4.78, 5) is 33.4. The van der Waals surface area contributed by atoms with Crippen molar-refractivity contribution in [3.05, 3.63) is 35.9 Å². The lowest BCUT2D eigenvalue weighted by Gasteiger charge is -2.36. The fraction of sp³-hybridized carbons (Fsp3) is 0.667. The minimum Gasteiger partial charge on any atom is -0.348 e. The average Bonchev–Trinajstić information content (AvgIpc) is 2.99. The summed E-state index contributed by atoms with van der Waals surface area (Å²) in [5, 5.41) is 0. The molecule has 30 heavy (non-hydrogen) atoms. The molecule has 166 valence electrons. The van der Waals surface area contributed by atoms with Crippen molar-refractivity contribution in [1.29, 1.82) is 0 Å². The van der Waals surface area contributed by atoms with Crippen LogP contribution in [0.25, 0.3) is 0 Å². The van der Waals surface area contributed by atoms with Crippen LogP contribution in [0.3, 0.4) is 0 Å². The van der Waals surface area contributed by atoms with Gasteiger partial charge in [0, 0.05) is 46.8 Å². The number of piperidine rings is 1. The second-order valence-corrected chi connectivity index (χ2v) is 9.09. The van der Waals surface area contributed by atoms with E-state index in [4.69, 9.17) is 0 Å². The highest BCUT2D eigenvalue weighted by molar-refractivity contribution is 5.81. The number of amides is 2. The van der Waals surface area contributed by atoms with Crippen LogP contribution in [0.4, 0.5) is 0 Å². The number of carbonyl (C=O) groups excluding carboxylic acids is 2. The zero-order valence-electron chi connectivity index (χ0n) is 18.9. The third kappa shape index (κ3) is 6.29. The van der Waals surface area contributed by atoms with Crippen LogP contribution in [-0.2, 0) is 16.0 Å². The number of benzene rings is 1. The largest absolute Gasteiger partial charge is 0.348 e. The van der Waals surface area contributed by atoms with Gasteiger partial charge in [0.15, 0.2) is 0 Å². The fourth-order valence-electron chi connectivity index (χ4n) is 4.59. The van der Waals surface area contributed by atoms with E-state index in [0.717, 1.165) is 65.0 Å². The highest BCUT2D eigenvalue weighted by atomic mass is 16.2. The summed E-state index contributed by atoms with van der Waals surface area (Å²) in [5.41, 5.74) is 1.40. The van der Waals surface area contributed by atoms with E-state index in [1.54, 1.807) is 19.0 Å². The Morgan fingerprint density at radius 2 is 1.70 bits per heavy atom. The van der Waals surface area contributed by atoms with Crippen LogP contribution in [-0.4, -0.2) is 97.4 Å². The molecule has 2 amide bonds. The van der Waals surface area contributed by atoms with Crippen LogP contribution in [0.2, 0.25) is 0 Å². The molecule has 0 aromatic heterocycles. The second-order valence-electron chi connectivity index (χ2n) is 9.09. The normalized spacial score (nSPS) is 20.6. The topological polar surface area (TPSA) is 47.1 Å². The summed E-state index contributed by atoms with van der Waals surface area (Å²) in [6.07, 6.45) is 4.30. The molecule has 0 N–H and O–H groups in total. The summed E-state index contributed by atoms with van der Waals surface area (Å²) in [7, 11) is 3.60. The van der Waals surface area contributed by atoms with Gasteiger partial charge in [-0.1, -0.05) is 30.3 Å². The van der Waals surface area contributed by atoms with E-state index in [-0.39, 0.29) is 17.9 Å². The van der Waals surface area contributed by atoms with Crippen LogP contribution in [0.5, 0.6) is 0 Å². The van der Waals surface area contributed by atoms with Crippen LogP contribution in [0, 0.1) is 5.92 Å². The Kier molecular flexibility index (Phi) is 8.28. The van der Waals surface area contributed by atoms with E-state index in [1.807, 2.05) is 0 Å². The molecular formula is C24H38N4O2. The van der Waals surface area contributed by atoms with Gasteiger partial charge < -0.3 is 9.80 Å². The molecule has 1 aromatic rings. The number of rotatable bonds is 6. The Balaban J connectivity index is 1.45. The molecule has 0 radical (unpaired) electrons. The first-order valence-electron chi connectivity index (χ1n) is 11.4. The molecule has 2 saturated heterocycles. The molecule has 2 aliphatic rings. The van der Waals surface area contributed by atoms with Gasteiger partial charge in [-0.25, -0.2) is 0 Å². The molecule has 3 rings (SSSR count). The van der Waals surface area contributed by atoms with E-state index >= 15 is 0 Å². The Hall–Kier alpha value is -1.92. The molecule has 1 unspecified atom stereocenters. The second kappa shape index (κ2) is 10.9. The molecule has 0 bridgehead atoms. The number of hydrogen-bond donors (Lipinski definition) is 0. The smallest absolute Gasteiger partial charge is 0.239 e. The highest BCUT2D eigenvalue weighted by Gasteiger charge is 2.30. The van der Waals surface area contributed by atoms with Gasteiger partial charge in [-0.15, -0.1) is 0 Å². The third-order valence-electron chi connectivity index (χ3n) is 6.68. The van der Waals surface area contributed by atoms with Crippen molar-refractivity contribution in [1.82, 2.24) is 19.6 Å². The summed E-state index contributed by atoms with van der Waals surface area (Å²) in [5.74, 6) is 1.09. The van der Waals surface area contributed by atoms with Crippen molar-refractivity contribution in [3.8, 4) is 0 Å². The van der Waals surface area contributed by atoms with Crippen molar-refractivity contribution < 1.29 is 9.59 Å². The summed E-state index contributed by atoms with van der Waals surface area (Å²) in [6.45, 7) is 7.80. The van der Waals surface area contributed by atoms with Gasteiger partial charge in [-0.3, -0.25) is 19.4 Å². The first kappa shape index (κ1) is 22.8. The van der Waals surface area contributed by atoms with Crippen molar-refractivity contribution in [2.24, 2.45) is 5.92 Å². The van der Waals surface area contributed by atoms with Crippen LogP contribution in [0.15, 0.2) is 30.3 Å². The van der Waals surface area contributed by atoms with E-state index in [0.29, 0.717) is 12.5 Å². The van der Waals surface area contributed by atoms with E-state index < -0.39 is 0 Å². The van der Waals surface area contributed by atoms with Gasteiger partial charge in [0.25, 0.3) is 0 Å². The van der Waals surface area contributed by atoms with Gasteiger partial charge >= 0.3 is 0 Å². The average molecular weight is 415 g/mol. The maximum Gasteiger partial charge on any atom is 0.239 e. The van der Waals surface area contributed by atoms with Crippen molar-refractivity contribution in [3.63, 3.8) is 0 Å². The monoisotopic (exact) mass is 414 g/mol. The first-order valence-corrected chi connectivity index (χ1v) is 11.4.